The largest absolute Gasteiger partial charge is 0.393 e. The van der Waals surface area contributed by atoms with Crippen molar-refractivity contribution in [3.05, 3.63) is 11.6 Å². The first-order valence-electron chi connectivity index (χ1n) is 9.91. The molecule has 4 saturated heterocycles. The van der Waals surface area contributed by atoms with Gasteiger partial charge in [-0.15, -0.1) is 0 Å². The summed E-state index contributed by atoms with van der Waals surface area (Å²) in [7, 11) is 0. The van der Waals surface area contributed by atoms with Gasteiger partial charge in [0.1, 0.15) is 0 Å². The molecule has 0 aromatic carbocycles. The van der Waals surface area contributed by atoms with Crippen LogP contribution >= 0.6 is 0 Å². The van der Waals surface area contributed by atoms with Crippen molar-refractivity contribution < 1.29 is 14.7 Å². The van der Waals surface area contributed by atoms with Crippen molar-refractivity contribution in [3.8, 4) is 0 Å². The van der Waals surface area contributed by atoms with Crippen LogP contribution in [0.4, 0.5) is 0 Å². The van der Waals surface area contributed by atoms with E-state index in [1.807, 2.05) is 19.9 Å². The van der Waals surface area contributed by atoms with Gasteiger partial charge in [0, 0.05) is 37.5 Å². The summed E-state index contributed by atoms with van der Waals surface area (Å²) in [6, 6.07) is 0.335. The van der Waals surface area contributed by atoms with Crippen molar-refractivity contribution in [3.63, 3.8) is 0 Å². The van der Waals surface area contributed by atoms with Crippen LogP contribution in [-0.2, 0) is 9.59 Å². The molecule has 1 amide bonds. The number of carbonyl (C=O) groups excluding carboxylic acids is 2. The van der Waals surface area contributed by atoms with Gasteiger partial charge in [-0.2, -0.15) is 0 Å². The molecular weight excluding hydrogens is 316 g/mol. The Bertz CT molecular complexity index is 602. The van der Waals surface area contributed by atoms with Crippen LogP contribution in [0.25, 0.3) is 0 Å². The summed E-state index contributed by atoms with van der Waals surface area (Å²) in [5, 5.41) is 10.2. The maximum atomic E-state index is 13.2. The number of ketones is 1. The minimum Gasteiger partial charge on any atom is -0.393 e. The number of rotatable bonds is 2. The lowest BCUT2D eigenvalue weighted by Gasteiger charge is -2.60. The Morgan fingerprint density at radius 1 is 1.24 bits per heavy atom. The summed E-state index contributed by atoms with van der Waals surface area (Å²) < 4.78 is 0. The quantitative estimate of drug-likeness (QED) is 0.774. The predicted molar refractivity (Wildman–Crippen MR) is 94.9 cm³/mol. The third-order valence-electron chi connectivity index (χ3n) is 7.17. The molecule has 6 unspecified atom stereocenters. The van der Waals surface area contributed by atoms with Gasteiger partial charge >= 0.3 is 0 Å². The van der Waals surface area contributed by atoms with E-state index in [1.165, 1.54) is 0 Å². The molecule has 138 valence electrons. The second-order valence-corrected chi connectivity index (χ2v) is 8.43. The second kappa shape index (κ2) is 6.51. The molecule has 5 heteroatoms. The number of hydrogen-bond donors (Lipinski definition) is 1. The van der Waals surface area contributed by atoms with E-state index in [1.54, 1.807) is 0 Å². The van der Waals surface area contributed by atoms with E-state index in [0.717, 1.165) is 50.8 Å². The number of aliphatic hydroxyl groups excluding tert-OH is 1. The Balaban J connectivity index is 1.72. The Labute approximate surface area is 150 Å². The molecule has 0 saturated carbocycles. The van der Waals surface area contributed by atoms with Gasteiger partial charge in [-0.3, -0.25) is 14.5 Å². The molecule has 0 aliphatic carbocycles. The van der Waals surface area contributed by atoms with Crippen molar-refractivity contribution in [2.24, 2.45) is 11.8 Å². The monoisotopic (exact) mass is 346 g/mol. The molecule has 0 aromatic heterocycles. The van der Waals surface area contributed by atoms with Crippen LogP contribution in [0.1, 0.15) is 52.4 Å². The molecule has 4 aliphatic rings. The Kier molecular flexibility index (Phi) is 4.49. The van der Waals surface area contributed by atoms with Gasteiger partial charge < -0.3 is 10.0 Å². The first-order chi connectivity index (χ1) is 12.0. The normalized spacial score (nSPS) is 42.0. The van der Waals surface area contributed by atoms with E-state index < -0.39 is 0 Å². The maximum absolute atomic E-state index is 13.2. The maximum Gasteiger partial charge on any atom is 0.222 e. The fourth-order valence-electron chi connectivity index (χ4n) is 5.85. The second-order valence-electron chi connectivity index (χ2n) is 8.43. The van der Waals surface area contributed by atoms with E-state index in [9.17, 15) is 14.7 Å². The third-order valence-corrected chi connectivity index (χ3v) is 7.17. The van der Waals surface area contributed by atoms with Gasteiger partial charge in [0.25, 0.3) is 0 Å². The first kappa shape index (κ1) is 17.2. The number of amides is 1. The van der Waals surface area contributed by atoms with Crippen LogP contribution in [0.15, 0.2) is 11.6 Å². The lowest BCUT2D eigenvalue weighted by molar-refractivity contribution is -0.162. The van der Waals surface area contributed by atoms with Gasteiger partial charge in [0.2, 0.25) is 5.91 Å². The molecule has 6 atom stereocenters. The molecular formula is C20H30N2O3. The molecule has 4 rings (SSSR count). The van der Waals surface area contributed by atoms with E-state index in [0.29, 0.717) is 12.3 Å². The average molecular weight is 346 g/mol. The summed E-state index contributed by atoms with van der Waals surface area (Å²) in [5.41, 5.74) is 0.826. The zero-order valence-corrected chi connectivity index (χ0v) is 15.4. The molecule has 4 aliphatic heterocycles. The predicted octanol–water partition coefficient (Wildman–Crippen LogP) is 1.75. The van der Waals surface area contributed by atoms with Crippen LogP contribution in [0, 0.1) is 11.8 Å². The van der Waals surface area contributed by atoms with Gasteiger partial charge in [-0.1, -0.05) is 6.08 Å². The number of nitrogens with zero attached hydrogens (tertiary/aromatic N) is 2. The van der Waals surface area contributed by atoms with E-state index >= 15 is 0 Å². The number of fused-ring (bicyclic) bond motifs is 6. The Hall–Kier alpha value is -1.20. The van der Waals surface area contributed by atoms with Gasteiger partial charge in [-0.05, 0) is 57.4 Å². The van der Waals surface area contributed by atoms with Crippen molar-refractivity contribution >= 4 is 11.7 Å². The third kappa shape index (κ3) is 2.76. The highest BCUT2D eigenvalue weighted by Crippen LogP contribution is 2.46. The summed E-state index contributed by atoms with van der Waals surface area (Å²) in [5.74, 6) is 1.14. The average Bonchev–Trinajstić information content (AvgIpc) is 2.62. The lowest BCUT2D eigenvalue weighted by Crippen LogP contribution is -2.70. The number of carbonyl (C=O) groups is 2. The van der Waals surface area contributed by atoms with E-state index in [2.05, 4.69) is 9.80 Å². The molecule has 4 fully saturated rings. The van der Waals surface area contributed by atoms with Crippen LogP contribution in [0.5, 0.6) is 0 Å². The molecule has 4 heterocycles. The smallest absolute Gasteiger partial charge is 0.222 e. The number of Topliss-reactive ketones (excluding diaryl/α,β-unsaturated/α-hetero) is 1. The summed E-state index contributed by atoms with van der Waals surface area (Å²) in [4.78, 5) is 30.3. The van der Waals surface area contributed by atoms with Crippen LogP contribution in [0.3, 0.4) is 0 Å². The topological polar surface area (TPSA) is 60.9 Å². The lowest BCUT2D eigenvalue weighted by atomic mass is 9.65. The summed E-state index contributed by atoms with van der Waals surface area (Å²) >= 11 is 0. The van der Waals surface area contributed by atoms with Crippen LogP contribution in [-0.4, -0.2) is 63.9 Å². The minimum atomic E-state index is -0.272. The van der Waals surface area contributed by atoms with Crippen molar-refractivity contribution in [2.75, 3.05) is 13.1 Å². The summed E-state index contributed by atoms with van der Waals surface area (Å²) in [6.07, 6.45) is 6.79. The molecule has 5 nitrogen and oxygen atoms in total. The van der Waals surface area contributed by atoms with Crippen LogP contribution < -0.4 is 0 Å². The zero-order chi connectivity index (χ0) is 17.7. The number of hydrogen-bond acceptors (Lipinski definition) is 4. The fraction of sp³-hybridized carbons (Fsp3) is 0.800. The highest BCUT2D eigenvalue weighted by molar-refractivity contribution is 5.99. The Morgan fingerprint density at radius 2 is 2.04 bits per heavy atom. The van der Waals surface area contributed by atoms with Gasteiger partial charge in [0.05, 0.1) is 12.1 Å². The molecule has 1 N–H and O–H groups in total. The van der Waals surface area contributed by atoms with E-state index in [4.69, 9.17) is 0 Å². The highest BCUT2D eigenvalue weighted by atomic mass is 16.3. The van der Waals surface area contributed by atoms with Crippen LogP contribution in [0.2, 0.25) is 0 Å². The Morgan fingerprint density at radius 3 is 2.80 bits per heavy atom. The number of aliphatic hydroxyl groups is 1. The zero-order valence-electron chi connectivity index (χ0n) is 15.4. The molecule has 0 aromatic rings. The molecule has 0 spiro atoms. The SMILES string of the molecule is CC=C(C)C(=O)C1C2CC(CN3C(=O)CCCC23)C2CC(O)CCN21. The van der Waals surface area contributed by atoms with Gasteiger partial charge in [-0.25, -0.2) is 0 Å². The van der Waals surface area contributed by atoms with Crippen molar-refractivity contribution in [1.29, 1.82) is 0 Å². The number of allylic oxidation sites excluding steroid dienone is 1. The van der Waals surface area contributed by atoms with Crippen molar-refractivity contribution in [2.45, 2.75) is 76.6 Å². The molecule has 25 heavy (non-hydrogen) atoms. The standard InChI is InChI=1S/C20H30N2O3/c1-3-12(2)20(25)19-15-9-13(17-10-14(23)7-8-21(17)19)11-22-16(15)5-4-6-18(22)24/h3,13-17,19,23H,4-11H2,1-2H3. The highest BCUT2D eigenvalue weighted by Gasteiger charge is 2.55. The molecule has 0 radical (unpaired) electrons. The summed E-state index contributed by atoms with van der Waals surface area (Å²) in [6.45, 7) is 5.45. The number of piperidine rings is 4. The fourth-order valence-corrected chi connectivity index (χ4v) is 5.85. The molecule has 2 bridgehead atoms. The van der Waals surface area contributed by atoms with Crippen molar-refractivity contribution in [1.82, 2.24) is 9.80 Å². The van der Waals surface area contributed by atoms with Gasteiger partial charge in [0.15, 0.2) is 5.78 Å². The van der Waals surface area contributed by atoms with E-state index in [-0.39, 0.29) is 41.8 Å². The minimum absolute atomic E-state index is 0.122. The first-order valence-corrected chi connectivity index (χ1v) is 9.91.